The predicted octanol–water partition coefficient (Wildman–Crippen LogP) is 2.68. The number of hydrogen-bond donors (Lipinski definition) is 2. The largest absolute Gasteiger partial charge is 0.478 e. The van der Waals surface area contributed by atoms with E-state index < -0.39 is 37.3 Å². The summed E-state index contributed by atoms with van der Waals surface area (Å²) in [7, 11) is -1.22. The topological polar surface area (TPSA) is 104 Å². The third-order valence-electron chi connectivity index (χ3n) is 3.31. The second kappa shape index (κ2) is 7.30. The number of halogens is 2. The number of sulfonamides is 1. The van der Waals surface area contributed by atoms with E-state index in [1.807, 2.05) is 0 Å². The molecule has 0 heterocycles. The molecule has 2 N–H and O–H groups in total. The molecule has 10 heteroatoms. The Labute approximate surface area is 154 Å². The minimum Gasteiger partial charge on any atom is -0.478 e. The summed E-state index contributed by atoms with van der Waals surface area (Å²) in [5.74, 6) is -3.12. The summed E-state index contributed by atoms with van der Waals surface area (Å²) in [4.78, 5) is 23.7. The van der Waals surface area contributed by atoms with Crippen molar-refractivity contribution >= 4 is 39.2 Å². The minimum absolute atomic E-state index is 0.0648. The van der Waals surface area contributed by atoms with Crippen LogP contribution in [0.15, 0.2) is 41.3 Å². The van der Waals surface area contributed by atoms with Gasteiger partial charge in [0.05, 0.1) is 10.6 Å². The molecule has 0 saturated heterocycles. The van der Waals surface area contributed by atoms with Gasteiger partial charge in [-0.05, 0) is 30.3 Å². The van der Waals surface area contributed by atoms with E-state index >= 15 is 0 Å². The number of carbonyl (C=O) groups is 2. The number of nitrogens with one attached hydrogen (secondary N) is 1. The Kier molecular flexibility index (Phi) is 5.53. The van der Waals surface area contributed by atoms with Gasteiger partial charge in [-0.2, -0.15) is 0 Å². The summed E-state index contributed by atoms with van der Waals surface area (Å²) >= 11 is 5.77. The SMILES string of the molecule is CN(C)C(=O)c1cccc(NS(=O)(=O)c2cc(C(=O)O)c(F)cc2Cl)c1. The van der Waals surface area contributed by atoms with Gasteiger partial charge in [0.15, 0.2) is 0 Å². The molecule has 0 aliphatic heterocycles. The lowest BCUT2D eigenvalue weighted by atomic mass is 10.2. The summed E-state index contributed by atoms with van der Waals surface area (Å²) < 4.78 is 40.8. The average Bonchev–Trinajstić information content (AvgIpc) is 2.53. The molecule has 2 aromatic carbocycles. The standard InChI is InChI=1S/C16H14ClFN2O5S/c1-20(2)15(21)9-4-3-5-10(6-9)19-26(24,25)14-7-11(16(22)23)13(18)8-12(14)17/h3-8,19H,1-2H3,(H,22,23). The van der Waals surface area contributed by atoms with Crippen molar-refractivity contribution in [2.45, 2.75) is 4.90 Å². The van der Waals surface area contributed by atoms with Crippen LogP contribution in [0.2, 0.25) is 5.02 Å². The molecule has 1 amide bonds. The van der Waals surface area contributed by atoms with Crippen molar-refractivity contribution in [3.8, 4) is 0 Å². The number of carboxylic acids is 1. The number of rotatable bonds is 5. The number of benzene rings is 2. The monoisotopic (exact) mass is 400 g/mol. The molecule has 0 aliphatic rings. The molecule has 0 fully saturated rings. The molecule has 0 aliphatic carbocycles. The van der Waals surface area contributed by atoms with E-state index in [0.717, 1.165) is 0 Å². The van der Waals surface area contributed by atoms with Crippen molar-refractivity contribution in [3.63, 3.8) is 0 Å². The zero-order valence-corrected chi connectivity index (χ0v) is 15.2. The molecule has 0 bridgehead atoms. The summed E-state index contributed by atoms with van der Waals surface area (Å²) in [6.07, 6.45) is 0. The third kappa shape index (κ3) is 4.12. The molecular formula is C16H14ClFN2O5S. The maximum Gasteiger partial charge on any atom is 0.338 e. The molecule has 0 unspecified atom stereocenters. The van der Waals surface area contributed by atoms with E-state index in [1.54, 1.807) is 14.1 Å². The average molecular weight is 401 g/mol. The third-order valence-corrected chi connectivity index (χ3v) is 5.16. The van der Waals surface area contributed by atoms with Gasteiger partial charge in [0, 0.05) is 25.3 Å². The number of hydrogen-bond acceptors (Lipinski definition) is 4. The molecule has 7 nitrogen and oxygen atoms in total. The van der Waals surface area contributed by atoms with Crippen molar-refractivity contribution in [1.82, 2.24) is 4.90 Å². The van der Waals surface area contributed by atoms with E-state index in [2.05, 4.69) is 4.72 Å². The van der Waals surface area contributed by atoms with Gasteiger partial charge >= 0.3 is 5.97 Å². The molecule has 0 aromatic heterocycles. The first-order valence-corrected chi connectivity index (χ1v) is 8.96. The molecule has 0 saturated carbocycles. The van der Waals surface area contributed by atoms with Gasteiger partial charge in [0.1, 0.15) is 10.7 Å². The zero-order chi connectivity index (χ0) is 19.6. The van der Waals surface area contributed by atoms with Crippen LogP contribution < -0.4 is 4.72 Å². The normalized spacial score (nSPS) is 11.1. The lowest BCUT2D eigenvalue weighted by Gasteiger charge is -2.13. The van der Waals surface area contributed by atoms with Crippen LogP contribution in [0.1, 0.15) is 20.7 Å². The second-order valence-electron chi connectivity index (χ2n) is 5.45. The van der Waals surface area contributed by atoms with Gasteiger partial charge in [-0.25, -0.2) is 17.6 Å². The first kappa shape index (κ1) is 19.7. The molecule has 0 radical (unpaired) electrons. The van der Waals surface area contributed by atoms with E-state index in [1.165, 1.54) is 29.2 Å². The van der Waals surface area contributed by atoms with E-state index in [9.17, 15) is 22.4 Å². The zero-order valence-electron chi connectivity index (χ0n) is 13.7. The fraction of sp³-hybridized carbons (Fsp3) is 0.125. The molecule has 26 heavy (non-hydrogen) atoms. The highest BCUT2D eigenvalue weighted by Crippen LogP contribution is 2.27. The summed E-state index contributed by atoms with van der Waals surface area (Å²) in [5, 5.41) is 8.47. The van der Waals surface area contributed by atoms with E-state index in [0.29, 0.717) is 12.1 Å². The smallest absolute Gasteiger partial charge is 0.338 e. The van der Waals surface area contributed by atoms with Crippen molar-refractivity contribution in [2.75, 3.05) is 18.8 Å². The Morgan fingerprint density at radius 2 is 1.85 bits per heavy atom. The molecule has 138 valence electrons. The van der Waals surface area contributed by atoms with Crippen molar-refractivity contribution < 1.29 is 27.5 Å². The van der Waals surface area contributed by atoms with Crippen LogP contribution in [-0.4, -0.2) is 44.4 Å². The number of carboxylic acid groups (broad SMARTS) is 1. The fourth-order valence-corrected chi connectivity index (χ4v) is 3.67. The first-order valence-electron chi connectivity index (χ1n) is 7.10. The van der Waals surface area contributed by atoms with Crippen LogP contribution in [0.3, 0.4) is 0 Å². The van der Waals surface area contributed by atoms with E-state index in [4.69, 9.17) is 16.7 Å². The van der Waals surface area contributed by atoms with Crippen LogP contribution in [0.4, 0.5) is 10.1 Å². The fourth-order valence-electron chi connectivity index (χ4n) is 2.08. The Balaban J connectivity index is 2.44. The molecule has 2 rings (SSSR count). The molecule has 0 atom stereocenters. The van der Waals surface area contributed by atoms with Gasteiger partial charge in [0.2, 0.25) is 0 Å². The van der Waals surface area contributed by atoms with Crippen LogP contribution in [0, 0.1) is 5.82 Å². The summed E-state index contributed by atoms with van der Waals surface area (Å²) in [6, 6.07) is 6.95. The van der Waals surface area contributed by atoms with E-state index in [-0.39, 0.29) is 17.2 Å². The van der Waals surface area contributed by atoms with Gasteiger partial charge in [-0.3, -0.25) is 9.52 Å². The number of anilines is 1. The quantitative estimate of drug-likeness (QED) is 0.803. The molecule has 0 spiro atoms. The summed E-state index contributed by atoms with van der Waals surface area (Å²) in [5.41, 5.74) is -0.520. The highest BCUT2D eigenvalue weighted by atomic mass is 35.5. The highest BCUT2D eigenvalue weighted by molar-refractivity contribution is 7.92. The number of nitrogens with zero attached hydrogens (tertiary/aromatic N) is 1. The summed E-state index contributed by atoms with van der Waals surface area (Å²) in [6.45, 7) is 0. The van der Waals surface area contributed by atoms with Crippen LogP contribution in [-0.2, 0) is 10.0 Å². The van der Waals surface area contributed by atoms with Gasteiger partial charge in [-0.1, -0.05) is 17.7 Å². The lowest BCUT2D eigenvalue weighted by Crippen LogP contribution is -2.22. The highest BCUT2D eigenvalue weighted by Gasteiger charge is 2.23. The number of amides is 1. The van der Waals surface area contributed by atoms with Crippen molar-refractivity contribution in [1.29, 1.82) is 0 Å². The maximum atomic E-state index is 13.6. The Hall–Kier alpha value is -2.65. The van der Waals surface area contributed by atoms with Crippen molar-refractivity contribution in [3.05, 3.63) is 58.4 Å². The molecular weight excluding hydrogens is 387 g/mol. The molecule has 2 aromatic rings. The Morgan fingerprint density at radius 3 is 2.42 bits per heavy atom. The number of carbonyl (C=O) groups excluding carboxylic acids is 1. The maximum absolute atomic E-state index is 13.6. The van der Waals surface area contributed by atoms with Crippen LogP contribution in [0.25, 0.3) is 0 Å². The van der Waals surface area contributed by atoms with Gasteiger partial charge in [0.25, 0.3) is 15.9 Å². The first-order chi connectivity index (χ1) is 12.0. The van der Waals surface area contributed by atoms with Gasteiger partial charge in [-0.15, -0.1) is 0 Å². The lowest BCUT2D eigenvalue weighted by molar-refractivity contribution is 0.0691. The minimum atomic E-state index is -4.32. The Morgan fingerprint density at radius 1 is 1.19 bits per heavy atom. The number of aromatic carboxylic acids is 1. The Bertz CT molecular complexity index is 992. The predicted molar refractivity (Wildman–Crippen MR) is 93.6 cm³/mol. The second-order valence-corrected chi connectivity index (χ2v) is 7.51. The van der Waals surface area contributed by atoms with Gasteiger partial charge < -0.3 is 10.0 Å². The van der Waals surface area contributed by atoms with Crippen LogP contribution >= 0.6 is 11.6 Å². The van der Waals surface area contributed by atoms with Crippen molar-refractivity contribution in [2.24, 2.45) is 0 Å². The van der Waals surface area contributed by atoms with Crippen LogP contribution in [0.5, 0.6) is 0 Å².